The van der Waals surface area contributed by atoms with Gasteiger partial charge in [0.2, 0.25) is 0 Å². The third-order valence-electron chi connectivity index (χ3n) is 2.58. The summed E-state index contributed by atoms with van der Waals surface area (Å²) >= 11 is 13.9. The molecule has 0 unspecified atom stereocenters. The summed E-state index contributed by atoms with van der Waals surface area (Å²) in [5.41, 5.74) is -0.400. The molecule has 2 aromatic heterocycles. The molecule has 0 spiro atoms. The number of nitrogens with zero attached hydrogens (tertiary/aromatic N) is 6. The molecule has 0 N–H and O–H groups in total. The molecule has 2 heterocycles. The highest BCUT2D eigenvalue weighted by Gasteiger charge is 2.22. The van der Waals surface area contributed by atoms with Crippen molar-refractivity contribution in [1.29, 1.82) is 10.8 Å². The molecule has 1 aromatic carbocycles. The van der Waals surface area contributed by atoms with Crippen LogP contribution >= 0.6 is 45.8 Å². The Bertz CT molecular complexity index is 859. The summed E-state index contributed by atoms with van der Waals surface area (Å²) in [6.45, 7) is 0. The number of hydrogen-bond donors (Lipinski definition) is 0. The fourth-order valence-electron chi connectivity index (χ4n) is 1.77. The van der Waals surface area contributed by atoms with E-state index >= 15 is 0 Å². The Morgan fingerprint density at radius 1 is 1.09 bits per heavy atom. The van der Waals surface area contributed by atoms with Crippen molar-refractivity contribution in [3.05, 3.63) is 44.0 Å². The summed E-state index contributed by atoms with van der Waals surface area (Å²) in [5, 5.41) is 15.6. The second-order valence-corrected chi connectivity index (χ2v) is 5.75. The molecule has 0 bridgehead atoms. The molecule has 0 fully saturated rings. The van der Waals surface area contributed by atoms with Crippen molar-refractivity contribution in [3.63, 3.8) is 0 Å². The number of aromatic nitrogens is 4. The monoisotopic (exact) mass is 454 g/mol. The molecule has 0 atom stereocenters. The predicted molar refractivity (Wildman–Crippen MR) is 82.3 cm³/mol. The normalized spacial score (nSPS) is 10.3. The van der Waals surface area contributed by atoms with Crippen LogP contribution < -0.4 is 0 Å². The lowest BCUT2D eigenvalue weighted by Crippen LogP contribution is -2.01. The van der Waals surface area contributed by atoms with E-state index in [0.29, 0.717) is 3.57 Å². The van der Waals surface area contributed by atoms with E-state index in [9.17, 15) is 8.78 Å². The second-order valence-electron chi connectivity index (χ2n) is 3.78. The van der Waals surface area contributed by atoms with Crippen LogP contribution in [0.5, 0.6) is 0 Å². The molecule has 0 amide bonds. The van der Waals surface area contributed by atoms with E-state index in [2.05, 4.69) is 15.1 Å². The van der Waals surface area contributed by atoms with Gasteiger partial charge in [-0.3, -0.25) is 0 Å². The maximum Gasteiger partial charge on any atom is 0.255 e. The summed E-state index contributed by atoms with van der Waals surface area (Å²) in [6, 6.07) is 2.36. The largest absolute Gasteiger partial charge is 0.255 e. The van der Waals surface area contributed by atoms with Crippen molar-refractivity contribution in [2.75, 3.05) is 0 Å². The van der Waals surface area contributed by atoms with Gasteiger partial charge in [0.15, 0.2) is 0 Å². The third kappa shape index (κ3) is 2.81. The van der Waals surface area contributed by atoms with E-state index in [1.807, 2.05) is 22.6 Å². The molecule has 0 saturated carbocycles. The van der Waals surface area contributed by atoms with Crippen molar-refractivity contribution in [2.45, 2.75) is 0 Å². The highest BCUT2D eigenvalue weighted by Crippen LogP contribution is 2.37. The van der Waals surface area contributed by atoms with Crippen LogP contribution in [0.25, 0.3) is 16.9 Å². The Kier molecular flexibility index (Phi) is 5.05. The van der Waals surface area contributed by atoms with Crippen LogP contribution in [0.3, 0.4) is 0 Å². The van der Waals surface area contributed by atoms with E-state index in [-0.39, 0.29) is 27.2 Å². The van der Waals surface area contributed by atoms with E-state index in [0.717, 1.165) is 4.52 Å². The molecule has 112 valence electrons. The fraction of sp³-hybridized carbons (Fsp3) is 0. The average molecular weight is 455 g/mol. The van der Waals surface area contributed by atoms with Crippen molar-refractivity contribution < 1.29 is 8.78 Å². The Balaban J connectivity index is 0.000000847. The number of fused-ring (bicyclic) bond motifs is 1. The quantitative estimate of drug-likeness (QED) is 0.314. The second kappa shape index (κ2) is 6.64. The van der Waals surface area contributed by atoms with Crippen molar-refractivity contribution in [3.8, 4) is 11.1 Å². The van der Waals surface area contributed by atoms with Gasteiger partial charge in [-0.25, -0.2) is 8.78 Å². The maximum atomic E-state index is 14.0. The Morgan fingerprint density at radius 3 is 2.27 bits per heavy atom. The number of halogens is 5. The molecule has 11 heteroatoms. The number of rotatable bonds is 1. The summed E-state index contributed by atoms with van der Waals surface area (Å²) in [6.07, 6.45) is 1.22. The van der Waals surface area contributed by atoms with Gasteiger partial charge < -0.3 is 0 Å². The first-order chi connectivity index (χ1) is 10.5. The summed E-state index contributed by atoms with van der Waals surface area (Å²) in [7, 11) is 0. The molecule has 0 aliphatic carbocycles. The molecule has 0 radical (unpaired) electrons. The van der Waals surface area contributed by atoms with Gasteiger partial charge in [0.05, 0.1) is 11.1 Å². The zero-order valence-electron chi connectivity index (χ0n) is 10.3. The summed E-state index contributed by atoms with van der Waals surface area (Å²) < 4.78 is 29.7. The minimum Gasteiger partial charge on any atom is -0.206 e. The number of hydrogen-bond acceptors (Lipinski definition) is 5. The van der Waals surface area contributed by atoms with Crippen LogP contribution in [0, 0.1) is 26.0 Å². The Labute approximate surface area is 145 Å². The van der Waals surface area contributed by atoms with Crippen LogP contribution in [-0.4, -0.2) is 19.6 Å². The first-order valence-electron chi connectivity index (χ1n) is 5.38. The highest BCUT2D eigenvalue weighted by atomic mass is 127. The van der Waals surface area contributed by atoms with E-state index in [4.69, 9.17) is 34.0 Å². The molecule has 0 saturated heterocycles. The molecule has 22 heavy (non-hydrogen) atoms. The lowest BCUT2D eigenvalue weighted by molar-refractivity contribution is 0.587. The van der Waals surface area contributed by atoms with Gasteiger partial charge in [0.1, 0.15) is 28.3 Å². The summed E-state index contributed by atoms with van der Waals surface area (Å²) in [5.74, 6) is -1.41. The van der Waals surface area contributed by atoms with Gasteiger partial charge in [0.25, 0.3) is 5.78 Å². The van der Waals surface area contributed by atoms with Crippen LogP contribution in [0.4, 0.5) is 8.78 Å². The van der Waals surface area contributed by atoms with Gasteiger partial charge in [-0.1, -0.05) is 23.2 Å². The molecule has 3 aromatic rings. The molecule has 3 rings (SSSR count). The Morgan fingerprint density at radius 2 is 1.68 bits per heavy atom. The van der Waals surface area contributed by atoms with E-state index < -0.39 is 11.6 Å². The number of benzene rings is 1. The first-order valence-corrected chi connectivity index (χ1v) is 7.22. The van der Waals surface area contributed by atoms with Crippen molar-refractivity contribution in [2.24, 2.45) is 0 Å². The van der Waals surface area contributed by atoms with Crippen LogP contribution in [0.1, 0.15) is 0 Å². The minimum absolute atomic E-state index is 0.0577. The zero-order valence-corrected chi connectivity index (χ0v) is 14.0. The topological polar surface area (TPSA) is 90.7 Å². The fourth-order valence-corrected chi connectivity index (χ4v) is 2.93. The third-order valence-corrected chi connectivity index (χ3v) is 3.83. The van der Waals surface area contributed by atoms with Gasteiger partial charge in [-0.05, 0) is 34.7 Å². The van der Waals surface area contributed by atoms with Crippen LogP contribution in [0.2, 0.25) is 10.3 Å². The van der Waals surface area contributed by atoms with Crippen LogP contribution in [0.15, 0.2) is 18.5 Å². The lowest BCUT2D eigenvalue weighted by Gasteiger charge is -2.10. The van der Waals surface area contributed by atoms with Gasteiger partial charge in [-0.2, -0.15) is 19.6 Å². The molecule has 6 nitrogen and oxygen atoms in total. The smallest absolute Gasteiger partial charge is 0.206 e. The van der Waals surface area contributed by atoms with Crippen molar-refractivity contribution >= 4 is 51.6 Å². The predicted octanol–water partition coefficient (Wildman–Crippen LogP) is 4.01. The SMILES string of the molecule is Fc1cc(I)cc(F)c1-c1c(Cl)nc2ncnn2c1Cl.N#N. The van der Waals surface area contributed by atoms with Crippen molar-refractivity contribution in [1.82, 2.24) is 19.6 Å². The zero-order chi connectivity index (χ0) is 16.4. The Hall–Kier alpha value is -1.64. The molecular weight excluding hydrogens is 452 g/mol. The maximum absolute atomic E-state index is 14.0. The molecular formula is C11H3Cl2F2IN6. The lowest BCUT2D eigenvalue weighted by atomic mass is 10.1. The van der Waals surface area contributed by atoms with Gasteiger partial charge in [0, 0.05) is 14.4 Å². The van der Waals surface area contributed by atoms with Gasteiger partial charge >= 0.3 is 0 Å². The standard InChI is InChI=1S/C11H3Cl2F2IN4.N2/c12-9-8(7-5(14)1-4(16)2-6(7)15)10(13)20-11(19-9)17-3-18-20;1-2/h1-3H;. The molecule has 0 aliphatic heterocycles. The van der Waals surface area contributed by atoms with Crippen LogP contribution in [-0.2, 0) is 0 Å². The first kappa shape index (κ1) is 16.7. The molecule has 0 aliphatic rings. The summed E-state index contributed by atoms with van der Waals surface area (Å²) in [4.78, 5) is 7.73. The highest BCUT2D eigenvalue weighted by molar-refractivity contribution is 14.1. The minimum atomic E-state index is -0.778. The van der Waals surface area contributed by atoms with E-state index in [1.54, 1.807) is 0 Å². The van der Waals surface area contributed by atoms with Gasteiger partial charge in [-0.15, -0.1) is 0 Å². The van der Waals surface area contributed by atoms with E-state index in [1.165, 1.54) is 18.5 Å². The average Bonchev–Trinajstić information content (AvgIpc) is 2.92.